The number of nitrogens with two attached hydrogens (primary N) is 1. The molecule has 0 saturated carbocycles. The summed E-state index contributed by atoms with van der Waals surface area (Å²) >= 11 is 1.71. The second kappa shape index (κ2) is 8.24. The van der Waals surface area contributed by atoms with Crippen LogP contribution in [-0.2, 0) is 16.0 Å². The van der Waals surface area contributed by atoms with Crippen LogP contribution in [0.5, 0.6) is 0 Å². The molecule has 0 aliphatic heterocycles. The van der Waals surface area contributed by atoms with E-state index in [0.29, 0.717) is 19.6 Å². The first-order valence-corrected chi connectivity index (χ1v) is 7.17. The van der Waals surface area contributed by atoms with Gasteiger partial charge in [0.05, 0.1) is 12.5 Å². The summed E-state index contributed by atoms with van der Waals surface area (Å²) < 4.78 is 5.37. The van der Waals surface area contributed by atoms with Gasteiger partial charge in [-0.05, 0) is 25.3 Å². The van der Waals surface area contributed by atoms with Crippen LogP contribution in [0, 0.1) is 0 Å². The molecule has 0 saturated heterocycles. The highest BCUT2D eigenvalue weighted by atomic mass is 32.1. The van der Waals surface area contributed by atoms with Crippen LogP contribution in [0.25, 0.3) is 0 Å². The Morgan fingerprint density at radius 3 is 2.94 bits per heavy atom. The molecular formula is C13H22N2O2S. The molecule has 18 heavy (non-hydrogen) atoms. The fourth-order valence-electron chi connectivity index (χ4n) is 1.77. The lowest BCUT2D eigenvalue weighted by molar-refractivity contribution is -0.124. The Morgan fingerprint density at radius 2 is 2.39 bits per heavy atom. The average Bonchev–Trinajstić information content (AvgIpc) is 2.80. The van der Waals surface area contributed by atoms with E-state index in [-0.39, 0.29) is 18.1 Å². The quantitative estimate of drug-likeness (QED) is 0.753. The van der Waals surface area contributed by atoms with Crippen molar-refractivity contribution in [3.63, 3.8) is 0 Å². The van der Waals surface area contributed by atoms with Gasteiger partial charge in [0.1, 0.15) is 0 Å². The van der Waals surface area contributed by atoms with Crippen molar-refractivity contribution in [3.8, 4) is 0 Å². The number of carbonyl (C=O) groups excluding carboxylic acids is 1. The maximum Gasteiger partial charge on any atom is 0.222 e. The predicted octanol–water partition coefficient (Wildman–Crippen LogP) is 1.55. The zero-order chi connectivity index (χ0) is 13.4. The normalized spacial score (nSPS) is 14.2. The zero-order valence-corrected chi connectivity index (χ0v) is 11.8. The Morgan fingerprint density at radius 1 is 1.61 bits per heavy atom. The Kier molecular flexibility index (Phi) is 6.93. The Hall–Kier alpha value is -0.910. The van der Waals surface area contributed by atoms with Crippen molar-refractivity contribution in [1.29, 1.82) is 0 Å². The maximum atomic E-state index is 11.8. The molecule has 2 unspecified atom stereocenters. The number of hydrogen-bond donors (Lipinski definition) is 2. The first kappa shape index (κ1) is 15.1. The van der Waals surface area contributed by atoms with E-state index in [1.54, 1.807) is 11.3 Å². The molecule has 5 heteroatoms. The maximum absolute atomic E-state index is 11.8. The van der Waals surface area contributed by atoms with Crippen molar-refractivity contribution in [2.45, 2.75) is 38.8 Å². The van der Waals surface area contributed by atoms with E-state index in [1.807, 2.05) is 25.3 Å². The number of carbonyl (C=O) groups is 1. The molecular weight excluding hydrogens is 248 g/mol. The summed E-state index contributed by atoms with van der Waals surface area (Å²) in [6.07, 6.45) is 1.02. The van der Waals surface area contributed by atoms with E-state index < -0.39 is 0 Å². The fraction of sp³-hybridized carbons (Fsp3) is 0.615. The van der Waals surface area contributed by atoms with Crippen LogP contribution in [0.1, 0.15) is 25.1 Å². The van der Waals surface area contributed by atoms with Gasteiger partial charge in [0, 0.05) is 30.5 Å². The van der Waals surface area contributed by atoms with Crippen molar-refractivity contribution >= 4 is 17.2 Å². The lowest BCUT2D eigenvalue weighted by Crippen LogP contribution is -2.38. The third-order valence-corrected chi connectivity index (χ3v) is 3.47. The summed E-state index contributed by atoms with van der Waals surface area (Å²) in [7, 11) is 0. The minimum atomic E-state index is -0.177. The summed E-state index contributed by atoms with van der Waals surface area (Å²) in [5.41, 5.74) is 5.54. The van der Waals surface area contributed by atoms with E-state index in [1.165, 1.54) is 4.88 Å². The molecule has 0 aromatic carbocycles. The molecule has 102 valence electrons. The molecule has 0 fully saturated rings. The standard InChI is InChI=1S/C13H22N2O2S/c1-3-17-11(9-14)8-13(16)15-10(2)7-12-5-4-6-18-12/h4-6,10-11H,3,7-9,14H2,1-2H3,(H,15,16). The van der Waals surface area contributed by atoms with Gasteiger partial charge in [-0.15, -0.1) is 11.3 Å². The van der Waals surface area contributed by atoms with Gasteiger partial charge in [-0.2, -0.15) is 0 Å². The molecule has 0 radical (unpaired) electrons. The minimum Gasteiger partial charge on any atom is -0.377 e. The van der Waals surface area contributed by atoms with E-state index in [4.69, 9.17) is 10.5 Å². The SMILES string of the molecule is CCOC(CN)CC(=O)NC(C)Cc1cccs1. The monoisotopic (exact) mass is 270 g/mol. The number of ether oxygens (including phenoxy) is 1. The van der Waals surface area contributed by atoms with Crippen LogP contribution in [-0.4, -0.2) is 31.2 Å². The van der Waals surface area contributed by atoms with Crippen LogP contribution in [0.2, 0.25) is 0 Å². The van der Waals surface area contributed by atoms with Gasteiger partial charge in [-0.1, -0.05) is 6.07 Å². The molecule has 0 aliphatic carbocycles. The van der Waals surface area contributed by atoms with Crippen molar-refractivity contribution in [2.24, 2.45) is 5.73 Å². The Labute approximate surface area is 113 Å². The van der Waals surface area contributed by atoms with Gasteiger partial charge >= 0.3 is 0 Å². The Balaban J connectivity index is 2.30. The van der Waals surface area contributed by atoms with Crippen LogP contribution < -0.4 is 11.1 Å². The van der Waals surface area contributed by atoms with Gasteiger partial charge in [0.25, 0.3) is 0 Å². The molecule has 0 bridgehead atoms. The molecule has 0 spiro atoms. The fourth-order valence-corrected chi connectivity index (χ4v) is 2.60. The van der Waals surface area contributed by atoms with Crippen LogP contribution >= 0.6 is 11.3 Å². The topological polar surface area (TPSA) is 64.3 Å². The average molecular weight is 270 g/mol. The first-order chi connectivity index (χ1) is 8.65. The number of nitrogens with one attached hydrogen (secondary N) is 1. The molecule has 1 rings (SSSR count). The van der Waals surface area contributed by atoms with Crippen LogP contribution in [0.3, 0.4) is 0 Å². The number of amides is 1. The second-order valence-electron chi connectivity index (χ2n) is 4.27. The summed E-state index contributed by atoms with van der Waals surface area (Å²) in [5, 5.41) is 5.02. The molecule has 1 heterocycles. The highest BCUT2D eigenvalue weighted by Crippen LogP contribution is 2.11. The molecule has 1 aromatic rings. The van der Waals surface area contributed by atoms with E-state index in [9.17, 15) is 4.79 Å². The number of rotatable bonds is 8. The molecule has 3 N–H and O–H groups in total. The highest BCUT2D eigenvalue weighted by Gasteiger charge is 2.14. The van der Waals surface area contributed by atoms with E-state index in [0.717, 1.165) is 6.42 Å². The zero-order valence-electron chi connectivity index (χ0n) is 11.0. The van der Waals surface area contributed by atoms with Gasteiger partial charge in [-0.25, -0.2) is 0 Å². The van der Waals surface area contributed by atoms with Gasteiger partial charge in [0.15, 0.2) is 0 Å². The summed E-state index contributed by atoms with van der Waals surface area (Å²) in [4.78, 5) is 13.1. The predicted molar refractivity (Wildman–Crippen MR) is 74.7 cm³/mol. The van der Waals surface area contributed by atoms with Crippen molar-refractivity contribution in [2.75, 3.05) is 13.2 Å². The largest absolute Gasteiger partial charge is 0.377 e. The number of hydrogen-bond acceptors (Lipinski definition) is 4. The second-order valence-corrected chi connectivity index (χ2v) is 5.30. The van der Waals surface area contributed by atoms with Gasteiger partial charge < -0.3 is 15.8 Å². The molecule has 2 atom stereocenters. The number of thiophene rings is 1. The van der Waals surface area contributed by atoms with Crippen molar-refractivity contribution in [1.82, 2.24) is 5.32 Å². The summed E-state index contributed by atoms with van der Waals surface area (Å²) in [6.45, 7) is 4.87. The van der Waals surface area contributed by atoms with Crippen molar-refractivity contribution in [3.05, 3.63) is 22.4 Å². The van der Waals surface area contributed by atoms with E-state index in [2.05, 4.69) is 11.4 Å². The smallest absolute Gasteiger partial charge is 0.222 e. The molecule has 4 nitrogen and oxygen atoms in total. The lowest BCUT2D eigenvalue weighted by atomic mass is 10.2. The van der Waals surface area contributed by atoms with Crippen LogP contribution in [0.15, 0.2) is 17.5 Å². The van der Waals surface area contributed by atoms with Crippen molar-refractivity contribution < 1.29 is 9.53 Å². The third kappa shape index (κ3) is 5.62. The lowest BCUT2D eigenvalue weighted by Gasteiger charge is -2.17. The third-order valence-electron chi connectivity index (χ3n) is 2.57. The van der Waals surface area contributed by atoms with Gasteiger partial charge in [-0.3, -0.25) is 4.79 Å². The minimum absolute atomic E-state index is 0.00274. The summed E-state index contributed by atoms with van der Waals surface area (Å²) in [6, 6.07) is 4.24. The van der Waals surface area contributed by atoms with E-state index >= 15 is 0 Å². The summed E-state index contributed by atoms with van der Waals surface area (Å²) in [5.74, 6) is 0.00274. The van der Waals surface area contributed by atoms with Gasteiger partial charge in [0.2, 0.25) is 5.91 Å². The van der Waals surface area contributed by atoms with Crippen LogP contribution in [0.4, 0.5) is 0 Å². The highest BCUT2D eigenvalue weighted by molar-refractivity contribution is 7.09. The Bertz CT molecular complexity index is 341. The molecule has 1 amide bonds. The molecule has 1 aromatic heterocycles. The molecule has 0 aliphatic rings. The first-order valence-electron chi connectivity index (χ1n) is 6.29.